The minimum atomic E-state index is -1.50. The second kappa shape index (κ2) is 11.3. The molecule has 0 radical (unpaired) electrons. The van der Waals surface area contributed by atoms with Crippen LogP contribution < -0.4 is 10.6 Å². The highest BCUT2D eigenvalue weighted by atomic mass is 16.5. The van der Waals surface area contributed by atoms with Gasteiger partial charge in [-0.3, -0.25) is 9.59 Å². The van der Waals surface area contributed by atoms with E-state index in [1.54, 1.807) is 24.3 Å². The zero-order chi connectivity index (χ0) is 22.0. The van der Waals surface area contributed by atoms with Gasteiger partial charge in [-0.2, -0.15) is 5.10 Å². The number of ether oxygens (including phenoxy) is 1. The van der Waals surface area contributed by atoms with Crippen molar-refractivity contribution in [2.45, 2.75) is 32.2 Å². The van der Waals surface area contributed by atoms with E-state index < -0.39 is 5.79 Å². The van der Waals surface area contributed by atoms with Gasteiger partial charge in [0.1, 0.15) is 0 Å². The highest BCUT2D eigenvalue weighted by Gasteiger charge is 2.26. The molecular formula is C21H32N4O5. The summed E-state index contributed by atoms with van der Waals surface area (Å²) in [5.41, 5.74) is 0.932. The van der Waals surface area contributed by atoms with Gasteiger partial charge in [-0.05, 0) is 44.5 Å². The van der Waals surface area contributed by atoms with Gasteiger partial charge in [-0.1, -0.05) is 18.2 Å². The molecule has 0 unspecified atom stereocenters. The molecule has 0 aliphatic carbocycles. The van der Waals surface area contributed by atoms with E-state index in [2.05, 4.69) is 20.8 Å². The molecule has 9 nitrogen and oxygen atoms in total. The molecule has 0 spiro atoms. The van der Waals surface area contributed by atoms with E-state index in [1.807, 2.05) is 18.2 Å². The molecule has 0 saturated carbocycles. The van der Waals surface area contributed by atoms with Crippen LogP contribution in [0.25, 0.3) is 0 Å². The molecule has 1 fully saturated rings. The summed E-state index contributed by atoms with van der Waals surface area (Å²) in [6.07, 6.45) is 2.25. The maximum absolute atomic E-state index is 12.0. The molecular weight excluding hydrogens is 388 g/mol. The summed E-state index contributed by atoms with van der Waals surface area (Å²) in [6.45, 7) is 4.14. The Morgan fingerprint density at radius 3 is 2.40 bits per heavy atom. The largest absolute Gasteiger partial charge is 0.376 e. The molecule has 2 amide bonds. The maximum Gasteiger partial charge on any atom is 0.271 e. The highest BCUT2D eigenvalue weighted by molar-refractivity contribution is 5.94. The number of nitrogens with zero attached hydrogens (tertiary/aromatic N) is 2. The van der Waals surface area contributed by atoms with Gasteiger partial charge in [0.05, 0.1) is 12.7 Å². The minimum absolute atomic E-state index is 0. The molecule has 1 aromatic heterocycles. The molecule has 2 aromatic rings. The van der Waals surface area contributed by atoms with Gasteiger partial charge in [-0.15, -0.1) is 5.10 Å². The lowest BCUT2D eigenvalue weighted by Crippen LogP contribution is -2.33. The van der Waals surface area contributed by atoms with Crippen LogP contribution in [0.1, 0.15) is 44.0 Å². The molecule has 166 valence electrons. The third-order valence-corrected chi connectivity index (χ3v) is 4.05. The second-order valence-electron chi connectivity index (χ2n) is 7.45. The Balaban J connectivity index is 0.00000124. The number of aliphatic hydroxyl groups is 2. The molecule has 2 atom stereocenters. The minimum Gasteiger partial charge on any atom is -0.376 e. The van der Waals surface area contributed by atoms with Gasteiger partial charge in [0, 0.05) is 33.6 Å². The summed E-state index contributed by atoms with van der Waals surface area (Å²) in [6, 6.07) is 12.4. The first kappa shape index (κ1) is 23.4. The lowest BCUT2D eigenvalue weighted by molar-refractivity contribution is -0.127. The number of amides is 2. The van der Waals surface area contributed by atoms with Crippen molar-refractivity contribution < 1.29 is 27.4 Å². The summed E-state index contributed by atoms with van der Waals surface area (Å²) < 4.78 is 5.69. The first-order chi connectivity index (χ1) is 14.2. The van der Waals surface area contributed by atoms with Crippen LogP contribution in [0.15, 0.2) is 48.7 Å². The van der Waals surface area contributed by atoms with E-state index >= 15 is 0 Å². The predicted molar refractivity (Wildman–Crippen MR) is 114 cm³/mol. The zero-order valence-electron chi connectivity index (χ0n) is 17.1. The standard InChI is InChI=1S/C18H20N4O3.C3H8O2.2H2/c23-17(14-5-2-1-3-6-14)19-10-13-9-15(25-12-13)11-20-18(24)16-7-4-8-21-22-16;1-3(2,4)5;;/h1-8,13,15H,9-12H2,(H,19,23)(H,20,24);4-5H,1-2H3;2*1H/t13-,15+;;;/m1.../s1. The molecule has 1 aliphatic heterocycles. The Morgan fingerprint density at radius 1 is 1.10 bits per heavy atom. The van der Waals surface area contributed by atoms with Crippen molar-refractivity contribution in [2.75, 3.05) is 19.7 Å². The number of carbonyl (C=O) groups is 2. The van der Waals surface area contributed by atoms with E-state index in [9.17, 15) is 9.59 Å². The van der Waals surface area contributed by atoms with Crippen molar-refractivity contribution in [3.05, 3.63) is 59.9 Å². The monoisotopic (exact) mass is 420 g/mol. The van der Waals surface area contributed by atoms with Crippen molar-refractivity contribution in [2.24, 2.45) is 5.92 Å². The average molecular weight is 421 g/mol. The molecule has 2 heterocycles. The van der Waals surface area contributed by atoms with Crippen molar-refractivity contribution >= 4 is 11.8 Å². The van der Waals surface area contributed by atoms with Crippen molar-refractivity contribution in [3.63, 3.8) is 0 Å². The Bertz CT molecular complexity index is 739. The third-order valence-electron chi connectivity index (χ3n) is 4.05. The lowest BCUT2D eigenvalue weighted by atomic mass is 10.1. The van der Waals surface area contributed by atoms with E-state index in [4.69, 9.17) is 14.9 Å². The fourth-order valence-electron chi connectivity index (χ4n) is 2.71. The fraction of sp³-hybridized carbons (Fsp3) is 0.429. The number of aromatic nitrogens is 2. The van der Waals surface area contributed by atoms with Crippen LogP contribution in [0, 0.1) is 5.92 Å². The van der Waals surface area contributed by atoms with E-state index in [0.29, 0.717) is 25.3 Å². The summed E-state index contributed by atoms with van der Waals surface area (Å²) in [5.74, 6) is -1.61. The van der Waals surface area contributed by atoms with Crippen molar-refractivity contribution in [3.8, 4) is 0 Å². The maximum atomic E-state index is 12.0. The number of benzene rings is 1. The smallest absolute Gasteiger partial charge is 0.271 e. The molecule has 9 heteroatoms. The van der Waals surface area contributed by atoms with Crippen LogP contribution in [0.5, 0.6) is 0 Å². The Morgan fingerprint density at radius 2 is 1.77 bits per heavy atom. The normalized spacial score (nSPS) is 18.1. The summed E-state index contributed by atoms with van der Waals surface area (Å²) >= 11 is 0. The first-order valence-corrected chi connectivity index (χ1v) is 9.68. The topological polar surface area (TPSA) is 134 Å². The summed E-state index contributed by atoms with van der Waals surface area (Å²) in [5, 5.41) is 29.3. The number of hydrogen-bond acceptors (Lipinski definition) is 7. The summed E-state index contributed by atoms with van der Waals surface area (Å²) in [4.78, 5) is 24.0. The molecule has 1 saturated heterocycles. The van der Waals surface area contributed by atoms with Crippen LogP contribution in [0.3, 0.4) is 0 Å². The predicted octanol–water partition coefficient (Wildman–Crippen LogP) is 1.24. The van der Waals surface area contributed by atoms with E-state index in [-0.39, 0.29) is 32.4 Å². The number of carbonyl (C=O) groups excluding carboxylic acids is 2. The van der Waals surface area contributed by atoms with Gasteiger partial charge in [0.25, 0.3) is 11.8 Å². The molecule has 4 N–H and O–H groups in total. The number of rotatable bonds is 6. The Hall–Kier alpha value is -2.88. The highest BCUT2D eigenvalue weighted by Crippen LogP contribution is 2.18. The Labute approximate surface area is 178 Å². The van der Waals surface area contributed by atoms with Crippen LogP contribution in [0.4, 0.5) is 0 Å². The third kappa shape index (κ3) is 9.08. The molecule has 3 rings (SSSR count). The van der Waals surface area contributed by atoms with E-state index in [1.165, 1.54) is 20.0 Å². The SMILES string of the molecule is CC(C)(O)O.O=C(NC[C@@H]1CO[C@H](CNC(=O)c2cccnn2)C1)c1ccccc1.[HH].[HH]. The number of nitrogens with one attached hydrogen (secondary N) is 2. The number of hydrogen-bond donors (Lipinski definition) is 4. The Kier molecular flexibility index (Phi) is 8.85. The summed E-state index contributed by atoms with van der Waals surface area (Å²) in [7, 11) is 0. The van der Waals surface area contributed by atoms with Gasteiger partial charge >= 0.3 is 0 Å². The van der Waals surface area contributed by atoms with E-state index in [0.717, 1.165) is 6.42 Å². The van der Waals surface area contributed by atoms with Gasteiger partial charge in [0.2, 0.25) is 0 Å². The van der Waals surface area contributed by atoms with Crippen molar-refractivity contribution in [1.82, 2.24) is 20.8 Å². The van der Waals surface area contributed by atoms with Crippen LogP contribution in [-0.4, -0.2) is 63.8 Å². The zero-order valence-corrected chi connectivity index (χ0v) is 17.1. The first-order valence-electron chi connectivity index (χ1n) is 9.68. The lowest BCUT2D eigenvalue weighted by Gasteiger charge is -2.11. The quantitative estimate of drug-likeness (QED) is 0.517. The molecule has 1 aliphatic rings. The fourth-order valence-corrected chi connectivity index (χ4v) is 2.71. The van der Waals surface area contributed by atoms with Crippen LogP contribution in [-0.2, 0) is 4.74 Å². The van der Waals surface area contributed by atoms with Gasteiger partial charge in [-0.25, -0.2) is 0 Å². The van der Waals surface area contributed by atoms with Gasteiger partial charge < -0.3 is 25.6 Å². The van der Waals surface area contributed by atoms with Gasteiger partial charge in [0.15, 0.2) is 11.5 Å². The average Bonchev–Trinajstić information content (AvgIpc) is 3.18. The molecule has 30 heavy (non-hydrogen) atoms. The molecule has 0 bridgehead atoms. The second-order valence-corrected chi connectivity index (χ2v) is 7.45. The van der Waals surface area contributed by atoms with Crippen molar-refractivity contribution in [1.29, 1.82) is 0 Å². The molecule has 1 aromatic carbocycles. The van der Waals surface area contributed by atoms with Crippen LogP contribution >= 0.6 is 0 Å². The van der Waals surface area contributed by atoms with Crippen LogP contribution in [0.2, 0.25) is 0 Å².